The molecular formula is C23H22N2O4S. The van der Waals surface area contributed by atoms with Crippen LogP contribution in [0.25, 0.3) is 22.4 Å². The Hall–Kier alpha value is -3.32. The van der Waals surface area contributed by atoms with E-state index in [-0.39, 0.29) is 12.0 Å². The van der Waals surface area contributed by atoms with Gasteiger partial charge < -0.3 is 13.9 Å². The summed E-state index contributed by atoms with van der Waals surface area (Å²) in [5.41, 5.74) is 1.97. The first-order chi connectivity index (χ1) is 14.5. The molecule has 0 unspecified atom stereocenters. The van der Waals surface area contributed by atoms with Crippen molar-refractivity contribution in [3.05, 3.63) is 59.5 Å². The fourth-order valence-electron chi connectivity index (χ4n) is 2.97. The third-order valence-corrected chi connectivity index (χ3v) is 5.02. The van der Waals surface area contributed by atoms with Gasteiger partial charge in [0.15, 0.2) is 10.9 Å². The molecule has 0 fully saturated rings. The van der Waals surface area contributed by atoms with E-state index in [0.29, 0.717) is 28.8 Å². The number of nitrogens with one attached hydrogen (secondary N) is 1. The van der Waals surface area contributed by atoms with Crippen LogP contribution in [0.15, 0.2) is 58.3 Å². The lowest BCUT2D eigenvalue weighted by Gasteiger charge is -2.09. The minimum Gasteiger partial charge on any atom is -0.494 e. The molecule has 1 amide bonds. The normalized spacial score (nSPS) is 11.1. The average molecular weight is 423 g/mol. The van der Waals surface area contributed by atoms with E-state index in [1.54, 1.807) is 24.3 Å². The van der Waals surface area contributed by atoms with E-state index in [9.17, 15) is 4.79 Å². The van der Waals surface area contributed by atoms with Crippen LogP contribution in [-0.2, 0) is 0 Å². The monoisotopic (exact) mass is 422 g/mol. The number of furan rings is 1. The molecule has 0 aliphatic carbocycles. The van der Waals surface area contributed by atoms with Crippen LogP contribution in [0, 0.1) is 0 Å². The third kappa shape index (κ3) is 4.46. The molecule has 6 nitrogen and oxygen atoms in total. The Kier molecular flexibility index (Phi) is 5.72. The zero-order valence-electron chi connectivity index (χ0n) is 17.0. The molecule has 0 spiro atoms. The molecule has 0 atom stereocenters. The largest absolute Gasteiger partial charge is 0.494 e. The van der Waals surface area contributed by atoms with Gasteiger partial charge >= 0.3 is 0 Å². The molecule has 1 N–H and O–H groups in total. The summed E-state index contributed by atoms with van der Waals surface area (Å²) in [4.78, 5) is 17.0. The number of hydrogen-bond donors (Lipinski definition) is 1. The first-order valence-electron chi connectivity index (χ1n) is 9.72. The molecule has 7 heteroatoms. The molecule has 4 rings (SSSR count). The summed E-state index contributed by atoms with van der Waals surface area (Å²) in [6.45, 7) is 6.48. The summed E-state index contributed by atoms with van der Waals surface area (Å²) in [6, 6.07) is 14.7. The van der Waals surface area contributed by atoms with Crippen molar-refractivity contribution in [3.8, 4) is 23.0 Å². The van der Waals surface area contributed by atoms with Crippen molar-refractivity contribution < 1.29 is 18.7 Å². The summed E-state index contributed by atoms with van der Waals surface area (Å²) in [7, 11) is 0. The van der Waals surface area contributed by atoms with Crippen LogP contribution in [0.1, 0.15) is 31.1 Å². The molecule has 2 heterocycles. The highest BCUT2D eigenvalue weighted by molar-refractivity contribution is 7.14. The first kappa shape index (κ1) is 20.0. The van der Waals surface area contributed by atoms with Gasteiger partial charge in [0.2, 0.25) is 0 Å². The molecule has 30 heavy (non-hydrogen) atoms. The first-order valence-corrected chi connectivity index (χ1v) is 10.6. The van der Waals surface area contributed by atoms with E-state index in [0.717, 1.165) is 22.5 Å². The molecule has 154 valence electrons. The molecule has 0 aliphatic rings. The Morgan fingerprint density at radius 2 is 1.90 bits per heavy atom. The Bertz CT molecular complexity index is 1160. The minimum absolute atomic E-state index is 0.0856. The Morgan fingerprint density at radius 3 is 2.63 bits per heavy atom. The number of carbonyl (C=O) groups is 1. The summed E-state index contributed by atoms with van der Waals surface area (Å²) >= 11 is 1.35. The van der Waals surface area contributed by atoms with Crippen molar-refractivity contribution in [2.45, 2.75) is 26.9 Å². The number of aromatic nitrogens is 1. The van der Waals surface area contributed by atoms with Gasteiger partial charge in [0, 0.05) is 16.3 Å². The fourth-order valence-corrected chi connectivity index (χ4v) is 3.67. The topological polar surface area (TPSA) is 73.6 Å². The van der Waals surface area contributed by atoms with Crippen molar-refractivity contribution in [1.82, 2.24) is 4.98 Å². The number of carbonyl (C=O) groups excluding carboxylic acids is 1. The fraction of sp³-hybridized carbons (Fsp3) is 0.217. The van der Waals surface area contributed by atoms with Crippen LogP contribution in [0.4, 0.5) is 5.13 Å². The summed E-state index contributed by atoms with van der Waals surface area (Å²) < 4.78 is 17.0. The van der Waals surface area contributed by atoms with E-state index < -0.39 is 0 Å². The van der Waals surface area contributed by atoms with Crippen molar-refractivity contribution in [3.63, 3.8) is 0 Å². The highest BCUT2D eigenvalue weighted by Gasteiger charge is 2.13. The van der Waals surface area contributed by atoms with E-state index in [1.807, 2.05) is 50.4 Å². The standard InChI is InChI=1S/C23H22N2O4S/c1-4-27-18-9-10-20-16(11-18)12-21(29-20)19-13-30-23(24-19)25-22(26)15-5-7-17(8-6-15)28-14(2)3/h5-14H,4H2,1-3H3,(H,24,25,26). The van der Waals surface area contributed by atoms with Crippen LogP contribution in [-0.4, -0.2) is 23.6 Å². The van der Waals surface area contributed by atoms with Crippen LogP contribution >= 0.6 is 11.3 Å². The quantitative estimate of drug-likeness (QED) is 0.396. The van der Waals surface area contributed by atoms with E-state index in [1.165, 1.54) is 11.3 Å². The number of thiazole rings is 1. The van der Waals surface area contributed by atoms with E-state index in [2.05, 4.69) is 10.3 Å². The smallest absolute Gasteiger partial charge is 0.257 e. The van der Waals surface area contributed by atoms with Gasteiger partial charge in [0.05, 0.1) is 12.7 Å². The molecule has 2 aromatic heterocycles. The maximum atomic E-state index is 12.5. The third-order valence-electron chi connectivity index (χ3n) is 4.26. The summed E-state index contributed by atoms with van der Waals surface area (Å²) in [5, 5.41) is 6.14. The number of nitrogens with zero attached hydrogens (tertiary/aromatic N) is 1. The number of benzene rings is 2. The molecule has 0 saturated carbocycles. The number of amides is 1. The van der Waals surface area contributed by atoms with E-state index in [4.69, 9.17) is 13.9 Å². The lowest BCUT2D eigenvalue weighted by Crippen LogP contribution is -2.12. The van der Waals surface area contributed by atoms with Gasteiger partial charge in [0.1, 0.15) is 22.8 Å². The predicted molar refractivity (Wildman–Crippen MR) is 119 cm³/mol. The van der Waals surface area contributed by atoms with Crippen molar-refractivity contribution in [1.29, 1.82) is 0 Å². The lowest BCUT2D eigenvalue weighted by molar-refractivity contribution is 0.102. The van der Waals surface area contributed by atoms with Crippen LogP contribution < -0.4 is 14.8 Å². The molecule has 0 saturated heterocycles. The van der Waals surface area contributed by atoms with Gasteiger partial charge in [-0.3, -0.25) is 10.1 Å². The predicted octanol–water partition coefficient (Wildman–Crippen LogP) is 5.99. The zero-order chi connectivity index (χ0) is 21.1. The molecule has 2 aromatic carbocycles. The van der Waals surface area contributed by atoms with Gasteiger partial charge in [-0.05, 0) is 69.3 Å². The molecule has 0 radical (unpaired) electrons. The SMILES string of the molecule is CCOc1ccc2oc(-c3csc(NC(=O)c4ccc(OC(C)C)cc4)n3)cc2c1. The van der Waals surface area contributed by atoms with Crippen LogP contribution in [0.5, 0.6) is 11.5 Å². The minimum atomic E-state index is -0.224. The highest BCUT2D eigenvalue weighted by Crippen LogP contribution is 2.32. The van der Waals surface area contributed by atoms with Gasteiger partial charge in [-0.2, -0.15) is 0 Å². The number of hydrogen-bond acceptors (Lipinski definition) is 6. The highest BCUT2D eigenvalue weighted by atomic mass is 32.1. The Balaban J connectivity index is 1.47. The van der Waals surface area contributed by atoms with Gasteiger partial charge in [-0.25, -0.2) is 4.98 Å². The lowest BCUT2D eigenvalue weighted by atomic mass is 10.2. The van der Waals surface area contributed by atoms with Crippen molar-refractivity contribution in [2.24, 2.45) is 0 Å². The second kappa shape index (κ2) is 8.59. The second-order valence-corrected chi connectivity index (χ2v) is 7.78. The molecule has 0 bridgehead atoms. The number of fused-ring (bicyclic) bond motifs is 1. The second-order valence-electron chi connectivity index (χ2n) is 6.93. The van der Waals surface area contributed by atoms with E-state index >= 15 is 0 Å². The van der Waals surface area contributed by atoms with Crippen molar-refractivity contribution in [2.75, 3.05) is 11.9 Å². The molecule has 0 aliphatic heterocycles. The number of ether oxygens (including phenoxy) is 2. The zero-order valence-corrected chi connectivity index (χ0v) is 17.8. The van der Waals surface area contributed by atoms with Crippen LogP contribution in [0.3, 0.4) is 0 Å². The van der Waals surface area contributed by atoms with Gasteiger partial charge in [-0.15, -0.1) is 11.3 Å². The molecule has 4 aromatic rings. The van der Waals surface area contributed by atoms with Crippen molar-refractivity contribution >= 4 is 33.3 Å². The summed E-state index contributed by atoms with van der Waals surface area (Å²) in [5.74, 6) is 1.95. The number of rotatable bonds is 7. The maximum absolute atomic E-state index is 12.5. The average Bonchev–Trinajstić information content (AvgIpc) is 3.34. The van der Waals surface area contributed by atoms with Crippen LogP contribution in [0.2, 0.25) is 0 Å². The van der Waals surface area contributed by atoms with Gasteiger partial charge in [0.25, 0.3) is 5.91 Å². The maximum Gasteiger partial charge on any atom is 0.257 e. The van der Waals surface area contributed by atoms with Gasteiger partial charge in [-0.1, -0.05) is 0 Å². The number of anilines is 1. The Morgan fingerprint density at radius 1 is 1.13 bits per heavy atom. The Labute approximate surface area is 178 Å². The molecular weight excluding hydrogens is 400 g/mol. The summed E-state index contributed by atoms with van der Waals surface area (Å²) in [6.07, 6.45) is 0.0856.